The third-order valence-electron chi connectivity index (χ3n) is 4.71. The topological polar surface area (TPSA) is 48.0 Å². The lowest BCUT2D eigenvalue weighted by atomic mass is 10.1. The summed E-state index contributed by atoms with van der Waals surface area (Å²) in [7, 11) is 1.63. The van der Waals surface area contributed by atoms with Crippen LogP contribution in [0.4, 0.5) is 5.69 Å². The van der Waals surface area contributed by atoms with Crippen LogP contribution in [-0.4, -0.2) is 39.4 Å². The number of carbonyl (C=O) groups excluding carboxylic acids is 1. The van der Waals surface area contributed by atoms with Crippen LogP contribution < -0.4 is 14.4 Å². The van der Waals surface area contributed by atoms with Gasteiger partial charge in [0.1, 0.15) is 11.5 Å². The van der Waals surface area contributed by atoms with E-state index in [2.05, 4.69) is 4.90 Å². The highest BCUT2D eigenvalue weighted by Crippen LogP contribution is 2.26. The average molecular weight is 363 g/mol. The second-order valence-corrected chi connectivity index (χ2v) is 6.41. The molecule has 27 heavy (non-hydrogen) atoms. The monoisotopic (exact) mass is 363 g/mol. The minimum atomic E-state index is -0.370. The molecule has 0 aliphatic carbocycles. The van der Waals surface area contributed by atoms with E-state index in [1.54, 1.807) is 25.3 Å². The Labute approximate surface area is 158 Å². The molecule has 1 aliphatic heterocycles. The van der Waals surface area contributed by atoms with Gasteiger partial charge in [-0.15, -0.1) is 0 Å². The number of benzene rings is 3. The first kappa shape index (κ1) is 17.4. The van der Waals surface area contributed by atoms with E-state index in [0.717, 1.165) is 48.5 Å². The highest BCUT2D eigenvalue weighted by molar-refractivity contribution is 5.92. The molecule has 0 amide bonds. The molecular weight excluding hydrogens is 342 g/mol. The van der Waals surface area contributed by atoms with Gasteiger partial charge in [0.25, 0.3) is 0 Å². The van der Waals surface area contributed by atoms with Crippen molar-refractivity contribution in [3.8, 4) is 11.5 Å². The molecule has 0 unspecified atom stereocenters. The Morgan fingerprint density at radius 2 is 1.56 bits per heavy atom. The highest BCUT2D eigenvalue weighted by atomic mass is 16.5. The summed E-state index contributed by atoms with van der Waals surface area (Å²) in [5.74, 6) is 0.911. The molecule has 1 heterocycles. The predicted octanol–water partition coefficient (Wildman–Crippen LogP) is 3.90. The van der Waals surface area contributed by atoms with Gasteiger partial charge in [0.05, 0.1) is 25.9 Å². The normalized spacial score (nSPS) is 14.2. The van der Waals surface area contributed by atoms with Gasteiger partial charge in [-0.25, -0.2) is 4.79 Å². The average Bonchev–Trinajstić information content (AvgIpc) is 2.74. The first-order chi connectivity index (χ1) is 13.2. The lowest BCUT2D eigenvalue weighted by molar-refractivity contribution is 0.0735. The van der Waals surface area contributed by atoms with Crippen LogP contribution in [0.5, 0.6) is 11.5 Å². The summed E-state index contributed by atoms with van der Waals surface area (Å²) in [5.41, 5.74) is 1.62. The van der Waals surface area contributed by atoms with Crippen molar-refractivity contribution in [1.29, 1.82) is 0 Å². The Kier molecular flexibility index (Phi) is 4.94. The number of anilines is 1. The van der Waals surface area contributed by atoms with E-state index in [-0.39, 0.29) is 5.97 Å². The number of methoxy groups -OCH3 is 1. The van der Waals surface area contributed by atoms with Gasteiger partial charge in [-0.3, -0.25) is 0 Å². The van der Waals surface area contributed by atoms with Crippen molar-refractivity contribution in [2.75, 3.05) is 38.3 Å². The number of hydrogen-bond acceptors (Lipinski definition) is 5. The molecule has 0 aromatic heterocycles. The molecule has 0 bridgehead atoms. The number of rotatable bonds is 4. The predicted molar refractivity (Wildman–Crippen MR) is 105 cm³/mol. The number of ether oxygens (including phenoxy) is 3. The van der Waals surface area contributed by atoms with Crippen molar-refractivity contribution in [2.24, 2.45) is 0 Å². The summed E-state index contributed by atoms with van der Waals surface area (Å²) < 4.78 is 16.2. The van der Waals surface area contributed by atoms with E-state index in [1.165, 1.54) is 0 Å². The first-order valence-corrected chi connectivity index (χ1v) is 8.96. The molecule has 5 nitrogen and oxygen atoms in total. The lowest BCUT2D eigenvalue weighted by Crippen LogP contribution is -2.36. The van der Waals surface area contributed by atoms with Gasteiger partial charge in [0, 0.05) is 18.8 Å². The SMILES string of the molecule is COc1ccc2ccc(OC(=O)c3ccc(N4CCOCC4)cc3)cc2c1. The van der Waals surface area contributed by atoms with Crippen LogP contribution in [0.15, 0.2) is 60.7 Å². The smallest absolute Gasteiger partial charge is 0.343 e. The molecule has 3 aromatic rings. The molecule has 1 fully saturated rings. The molecule has 1 saturated heterocycles. The Balaban J connectivity index is 1.49. The number of carbonyl (C=O) groups is 1. The molecule has 5 heteroatoms. The third kappa shape index (κ3) is 3.88. The van der Waals surface area contributed by atoms with Crippen molar-refractivity contribution in [3.05, 3.63) is 66.2 Å². The van der Waals surface area contributed by atoms with Crippen molar-refractivity contribution >= 4 is 22.4 Å². The van der Waals surface area contributed by atoms with Gasteiger partial charge in [-0.2, -0.15) is 0 Å². The quantitative estimate of drug-likeness (QED) is 0.520. The molecule has 4 rings (SSSR count). The van der Waals surface area contributed by atoms with E-state index >= 15 is 0 Å². The molecule has 0 N–H and O–H groups in total. The van der Waals surface area contributed by atoms with E-state index in [0.29, 0.717) is 11.3 Å². The molecule has 138 valence electrons. The van der Waals surface area contributed by atoms with Gasteiger partial charge < -0.3 is 19.1 Å². The van der Waals surface area contributed by atoms with E-state index in [4.69, 9.17) is 14.2 Å². The number of nitrogens with zero attached hydrogens (tertiary/aromatic N) is 1. The van der Waals surface area contributed by atoms with Crippen molar-refractivity contribution in [3.63, 3.8) is 0 Å². The molecule has 3 aromatic carbocycles. The van der Waals surface area contributed by atoms with Crippen molar-refractivity contribution in [2.45, 2.75) is 0 Å². The second-order valence-electron chi connectivity index (χ2n) is 6.41. The second kappa shape index (κ2) is 7.68. The Morgan fingerprint density at radius 1 is 0.889 bits per heavy atom. The van der Waals surface area contributed by atoms with Crippen LogP contribution in [0.3, 0.4) is 0 Å². The van der Waals surface area contributed by atoms with Gasteiger partial charge in [-0.1, -0.05) is 12.1 Å². The number of hydrogen-bond donors (Lipinski definition) is 0. The van der Waals surface area contributed by atoms with E-state index < -0.39 is 0 Å². The minimum Gasteiger partial charge on any atom is -0.497 e. The molecule has 0 radical (unpaired) electrons. The van der Waals surface area contributed by atoms with E-state index in [9.17, 15) is 4.79 Å². The fourth-order valence-electron chi connectivity index (χ4n) is 3.19. The summed E-state index contributed by atoms with van der Waals surface area (Å²) in [6.45, 7) is 3.20. The first-order valence-electron chi connectivity index (χ1n) is 8.96. The van der Waals surface area contributed by atoms with Crippen LogP contribution in [0.2, 0.25) is 0 Å². The van der Waals surface area contributed by atoms with Gasteiger partial charge >= 0.3 is 5.97 Å². The zero-order chi connectivity index (χ0) is 18.6. The molecule has 0 atom stereocenters. The van der Waals surface area contributed by atoms with Crippen molar-refractivity contribution < 1.29 is 19.0 Å². The zero-order valence-electron chi connectivity index (χ0n) is 15.2. The van der Waals surface area contributed by atoms with Crippen LogP contribution in [0.25, 0.3) is 10.8 Å². The zero-order valence-corrected chi connectivity index (χ0v) is 15.2. The maximum absolute atomic E-state index is 12.5. The molecule has 0 saturated carbocycles. The Morgan fingerprint density at radius 3 is 2.26 bits per heavy atom. The van der Waals surface area contributed by atoms with Crippen LogP contribution in [0, 0.1) is 0 Å². The summed E-state index contributed by atoms with van der Waals surface area (Å²) >= 11 is 0. The Bertz CT molecular complexity index is 946. The molecule has 1 aliphatic rings. The molecular formula is C22H21NO4. The van der Waals surface area contributed by atoms with E-state index in [1.807, 2.05) is 42.5 Å². The Hall–Kier alpha value is -3.05. The fourth-order valence-corrected chi connectivity index (χ4v) is 3.19. The van der Waals surface area contributed by atoms with Gasteiger partial charge in [-0.05, 0) is 59.3 Å². The van der Waals surface area contributed by atoms with Crippen LogP contribution in [-0.2, 0) is 4.74 Å². The van der Waals surface area contributed by atoms with Crippen LogP contribution in [0.1, 0.15) is 10.4 Å². The summed E-state index contributed by atoms with van der Waals surface area (Å²) in [4.78, 5) is 14.7. The summed E-state index contributed by atoms with van der Waals surface area (Å²) in [5, 5.41) is 2.02. The highest BCUT2D eigenvalue weighted by Gasteiger charge is 2.13. The van der Waals surface area contributed by atoms with Crippen molar-refractivity contribution in [1.82, 2.24) is 0 Å². The maximum atomic E-state index is 12.5. The largest absolute Gasteiger partial charge is 0.497 e. The lowest BCUT2D eigenvalue weighted by Gasteiger charge is -2.28. The fraction of sp³-hybridized carbons (Fsp3) is 0.227. The summed E-state index contributed by atoms with van der Waals surface area (Å²) in [6.07, 6.45) is 0. The standard InChI is InChI=1S/C22H21NO4/c1-25-20-8-4-16-5-9-21(15-18(16)14-20)27-22(24)17-2-6-19(7-3-17)23-10-12-26-13-11-23/h2-9,14-15H,10-13H2,1H3. The third-order valence-corrected chi connectivity index (χ3v) is 4.71. The number of fused-ring (bicyclic) bond motifs is 1. The molecule has 0 spiro atoms. The van der Waals surface area contributed by atoms with Crippen LogP contribution >= 0.6 is 0 Å². The maximum Gasteiger partial charge on any atom is 0.343 e. The number of esters is 1. The van der Waals surface area contributed by atoms with Gasteiger partial charge in [0.2, 0.25) is 0 Å². The minimum absolute atomic E-state index is 0.370. The number of morpholine rings is 1. The summed E-state index contributed by atoms with van der Waals surface area (Å²) in [6, 6.07) is 18.9. The van der Waals surface area contributed by atoms with Gasteiger partial charge in [0.15, 0.2) is 0 Å².